The summed E-state index contributed by atoms with van der Waals surface area (Å²) in [5.41, 5.74) is 1.35. The van der Waals surface area contributed by atoms with Gasteiger partial charge in [0.1, 0.15) is 0 Å². The normalized spacial score (nSPS) is 10.6. The number of unbranched alkanes of at least 4 members (excludes halogenated alkanes) is 4. The van der Waals surface area contributed by atoms with Crippen LogP contribution in [0.3, 0.4) is 0 Å². The smallest absolute Gasteiger partial charge is 0.246 e. The number of hydrogen-bond donors (Lipinski definition) is 3. The fraction of sp³-hybridized carbons (Fsp3) is 0.438. The van der Waals surface area contributed by atoms with Crippen molar-refractivity contribution >= 4 is 23.6 Å². The Labute approximate surface area is 239 Å². The first-order valence-corrected chi connectivity index (χ1v) is 13.9. The minimum absolute atomic E-state index is 0.0891. The van der Waals surface area contributed by atoms with Crippen LogP contribution in [0.2, 0.25) is 0 Å². The van der Waals surface area contributed by atoms with Crippen molar-refractivity contribution in [1.82, 2.24) is 20.9 Å². The van der Waals surface area contributed by atoms with Crippen molar-refractivity contribution in [3.05, 3.63) is 86.0 Å². The molecule has 1 aromatic rings. The average Bonchev–Trinajstić information content (AvgIpc) is 2.98. The summed E-state index contributed by atoms with van der Waals surface area (Å²) in [6.07, 6.45) is 11.6. The van der Waals surface area contributed by atoms with Gasteiger partial charge in [0.15, 0.2) is 0 Å². The van der Waals surface area contributed by atoms with E-state index < -0.39 is 5.41 Å². The molecule has 0 bridgehead atoms. The highest BCUT2D eigenvalue weighted by atomic mass is 16.2. The summed E-state index contributed by atoms with van der Waals surface area (Å²) in [7, 11) is 0. The van der Waals surface area contributed by atoms with E-state index >= 15 is 0 Å². The molecule has 3 N–H and O–H groups in total. The molecule has 0 saturated heterocycles. The van der Waals surface area contributed by atoms with Crippen LogP contribution in [-0.2, 0) is 32.1 Å². The van der Waals surface area contributed by atoms with Gasteiger partial charge in [0.2, 0.25) is 23.6 Å². The van der Waals surface area contributed by atoms with Crippen molar-refractivity contribution in [2.24, 2.45) is 5.41 Å². The Morgan fingerprint density at radius 1 is 0.775 bits per heavy atom. The summed E-state index contributed by atoms with van der Waals surface area (Å²) in [4.78, 5) is 50.3. The molecule has 0 spiro atoms. The lowest BCUT2D eigenvalue weighted by atomic mass is 9.81. The lowest BCUT2D eigenvalue weighted by Gasteiger charge is -2.34. The van der Waals surface area contributed by atoms with Gasteiger partial charge in [-0.15, -0.1) is 0 Å². The molecular weight excluding hydrogens is 504 g/mol. The van der Waals surface area contributed by atoms with E-state index in [2.05, 4.69) is 55.3 Å². The first-order valence-electron chi connectivity index (χ1n) is 13.9. The summed E-state index contributed by atoms with van der Waals surface area (Å²) in [5.74, 6) is -1.14. The Bertz CT molecular complexity index is 974. The number of hydrogen-bond acceptors (Lipinski definition) is 4. The van der Waals surface area contributed by atoms with Gasteiger partial charge in [0, 0.05) is 38.1 Å². The number of nitrogens with one attached hydrogen (secondary N) is 3. The Balaban J connectivity index is 3.09. The molecule has 1 rings (SSSR count). The van der Waals surface area contributed by atoms with Crippen molar-refractivity contribution in [3.63, 3.8) is 0 Å². The van der Waals surface area contributed by atoms with E-state index in [1.807, 2.05) is 23.1 Å². The second-order valence-electron chi connectivity index (χ2n) is 9.96. The maximum absolute atomic E-state index is 12.5. The summed E-state index contributed by atoms with van der Waals surface area (Å²) in [6.45, 7) is 18.1. The molecule has 1 aromatic carbocycles. The highest BCUT2D eigenvalue weighted by Gasteiger charge is 2.31. The molecule has 218 valence electrons. The maximum Gasteiger partial charge on any atom is 0.246 e. The number of carbonyl (C=O) groups excluding carboxylic acids is 4. The predicted molar refractivity (Wildman–Crippen MR) is 161 cm³/mol. The molecule has 0 atom stereocenters. The molecule has 4 amide bonds. The van der Waals surface area contributed by atoms with Gasteiger partial charge in [-0.1, -0.05) is 83.2 Å². The number of amides is 4. The largest absolute Gasteiger partial charge is 0.352 e. The van der Waals surface area contributed by atoms with E-state index in [4.69, 9.17) is 0 Å². The molecule has 0 fully saturated rings. The van der Waals surface area contributed by atoms with Crippen LogP contribution in [-0.4, -0.2) is 54.7 Å². The van der Waals surface area contributed by atoms with Crippen molar-refractivity contribution in [2.75, 3.05) is 26.2 Å². The minimum atomic E-state index is -0.699. The standard InChI is InChI=1S/C32H46N4O4/c1-6-11-12-13-14-20-36(31(40)10-5)22-27-17-15-16-26(21-27)18-19-32(23-33-28(37)7-2,24-34-29(38)8-3)25-35-30(39)9-4/h7-10,15-17,21H,2-6,11-14,18-20,22-25H2,1H3,(H,33,37)(H,34,38)(H,35,39). The van der Waals surface area contributed by atoms with Crippen LogP contribution in [0.15, 0.2) is 74.9 Å². The molecular formula is C32H46N4O4. The number of rotatable bonds is 21. The van der Waals surface area contributed by atoms with E-state index in [9.17, 15) is 19.2 Å². The zero-order valence-corrected chi connectivity index (χ0v) is 24.0. The molecule has 0 unspecified atom stereocenters. The van der Waals surface area contributed by atoms with Crippen molar-refractivity contribution in [2.45, 2.75) is 58.4 Å². The number of aryl methyl sites for hydroxylation is 1. The van der Waals surface area contributed by atoms with E-state index in [0.29, 0.717) is 25.9 Å². The third-order valence-electron chi connectivity index (χ3n) is 6.80. The van der Waals surface area contributed by atoms with E-state index in [1.54, 1.807) is 0 Å². The first kappa shape index (κ1) is 34.1. The lowest BCUT2D eigenvalue weighted by Crippen LogP contribution is -2.51. The van der Waals surface area contributed by atoms with Crippen molar-refractivity contribution in [1.29, 1.82) is 0 Å². The van der Waals surface area contributed by atoms with Crippen LogP contribution in [0.1, 0.15) is 56.6 Å². The van der Waals surface area contributed by atoms with Crippen molar-refractivity contribution in [3.8, 4) is 0 Å². The van der Waals surface area contributed by atoms with Gasteiger partial charge >= 0.3 is 0 Å². The molecule has 0 radical (unpaired) electrons. The molecule has 0 heterocycles. The Kier molecular flexibility index (Phi) is 16.3. The Morgan fingerprint density at radius 3 is 1.80 bits per heavy atom. The van der Waals surface area contributed by atoms with Crippen LogP contribution in [0.25, 0.3) is 0 Å². The topological polar surface area (TPSA) is 108 Å². The number of nitrogens with zero attached hydrogens (tertiary/aromatic N) is 1. The monoisotopic (exact) mass is 550 g/mol. The summed E-state index contributed by atoms with van der Waals surface area (Å²) in [5, 5.41) is 8.45. The van der Waals surface area contributed by atoms with Gasteiger partial charge in [-0.3, -0.25) is 19.2 Å². The molecule has 40 heavy (non-hydrogen) atoms. The number of benzene rings is 1. The zero-order valence-electron chi connectivity index (χ0n) is 24.0. The molecule has 0 aliphatic heterocycles. The molecule has 0 aliphatic carbocycles. The summed E-state index contributed by atoms with van der Waals surface area (Å²) >= 11 is 0. The molecule has 0 aromatic heterocycles. The van der Waals surface area contributed by atoms with Gasteiger partial charge in [0.25, 0.3) is 0 Å². The highest BCUT2D eigenvalue weighted by molar-refractivity contribution is 5.88. The van der Waals surface area contributed by atoms with Gasteiger partial charge in [-0.25, -0.2) is 0 Å². The quantitative estimate of drug-likeness (QED) is 0.159. The number of carbonyl (C=O) groups is 4. The van der Waals surface area contributed by atoms with Crippen LogP contribution in [0.5, 0.6) is 0 Å². The van der Waals surface area contributed by atoms with Crippen LogP contribution >= 0.6 is 0 Å². The fourth-order valence-corrected chi connectivity index (χ4v) is 4.31. The molecule has 0 saturated carbocycles. The van der Waals surface area contributed by atoms with Crippen LogP contribution in [0, 0.1) is 5.41 Å². The second-order valence-corrected chi connectivity index (χ2v) is 9.96. The van der Waals surface area contributed by atoms with E-state index in [-0.39, 0.29) is 43.3 Å². The van der Waals surface area contributed by atoms with E-state index in [1.165, 1.54) is 37.1 Å². The summed E-state index contributed by atoms with van der Waals surface area (Å²) < 4.78 is 0. The molecule has 0 aliphatic rings. The molecule has 8 nitrogen and oxygen atoms in total. The zero-order chi connectivity index (χ0) is 29.8. The maximum atomic E-state index is 12.5. The Hall–Kier alpha value is -3.94. The minimum Gasteiger partial charge on any atom is -0.352 e. The Morgan fingerprint density at radius 2 is 1.30 bits per heavy atom. The van der Waals surface area contributed by atoms with Gasteiger partial charge < -0.3 is 20.9 Å². The SMILES string of the molecule is C=CC(=O)NCC(CCc1cccc(CN(CCCCCCC)C(=O)C=C)c1)(CNC(=O)C=C)CNC(=O)C=C. The molecule has 8 heteroatoms. The first-order chi connectivity index (χ1) is 19.2. The second kappa shape index (κ2) is 19.2. The van der Waals surface area contributed by atoms with Crippen molar-refractivity contribution < 1.29 is 19.2 Å². The highest BCUT2D eigenvalue weighted by Crippen LogP contribution is 2.24. The summed E-state index contributed by atoms with van der Waals surface area (Å²) in [6, 6.07) is 8.03. The van der Waals surface area contributed by atoms with Crippen LogP contribution in [0.4, 0.5) is 0 Å². The predicted octanol–water partition coefficient (Wildman–Crippen LogP) is 4.00. The average molecular weight is 551 g/mol. The van der Waals surface area contributed by atoms with Gasteiger partial charge in [0.05, 0.1) is 0 Å². The van der Waals surface area contributed by atoms with Gasteiger partial charge in [-0.2, -0.15) is 0 Å². The third-order valence-corrected chi connectivity index (χ3v) is 6.80. The van der Waals surface area contributed by atoms with Gasteiger partial charge in [-0.05, 0) is 54.7 Å². The van der Waals surface area contributed by atoms with E-state index in [0.717, 1.165) is 30.4 Å². The third kappa shape index (κ3) is 13.2. The lowest BCUT2D eigenvalue weighted by molar-refractivity contribution is -0.126. The fourth-order valence-electron chi connectivity index (χ4n) is 4.31. The van der Waals surface area contributed by atoms with Crippen LogP contribution < -0.4 is 16.0 Å².